The summed E-state index contributed by atoms with van der Waals surface area (Å²) in [6.07, 6.45) is 0.427. The van der Waals surface area contributed by atoms with Crippen LogP contribution in [0.1, 0.15) is 29.4 Å². The van der Waals surface area contributed by atoms with Crippen LogP contribution in [0.25, 0.3) is 0 Å². The van der Waals surface area contributed by atoms with Crippen LogP contribution in [0.5, 0.6) is 0 Å². The molecule has 112 valence electrons. The summed E-state index contributed by atoms with van der Waals surface area (Å²) in [5, 5.41) is 2.23. The van der Waals surface area contributed by atoms with E-state index in [-0.39, 0.29) is 6.54 Å². The number of hydrogen-bond acceptors (Lipinski definition) is 6. The number of nitrogens with zero attached hydrogens (tertiary/aromatic N) is 2. The van der Waals surface area contributed by atoms with Crippen LogP contribution in [0.2, 0.25) is 0 Å². The molecule has 8 heteroatoms. The highest BCUT2D eigenvalue weighted by Gasteiger charge is 2.36. The molecule has 2 rings (SSSR count). The number of rotatable bonds is 3. The number of nitrogens with two attached hydrogens (primary N) is 1. The summed E-state index contributed by atoms with van der Waals surface area (Å²) in [7, 11) is 0. The fourth-order valence-corrected chi connectivity index (χ4v) is 2.32. The summed E-state index contributed by atoms with van der Waals surface area (Å²) in [5.74, 6) is 4.32. The number of nitrogen functional groups attached to an aromatic ring is 1. The maximum Gasteiger partial charge on any atom is 0.255 e. The van der Waals surface area contributed by atoms with Crippen molar-refractivity contribution in [1.82, 2.24) is 15.2 Å². The molecule has 1 atom stereocenters. The Morgan fingerprint density at radius 2 is 2.24 bits per heavy atom. The molecule has 1 fully saturated rings. The lowest BCUT2D eigenvalue weighted by atomic mass is 10.1. The first-order valence-electron chi connectivity index (χ1n) is 6.56. The van der Waals surface area contributed by atoms with E-state index < -0.39 is 23.8 Å². The molecular weight excluding hydrogens is 274 g/mol. The average Bonchev–Trinajstić information content (AvgIpc) is 2.45. The number of anilines is 1. The molecule has 4 N–H and O–H groups in total. The number of nitrogens with one attached hydrogen (secondary N) is 2. The summed E-state index contributed by atoms with van der Waals surface area (Å²) in [5.41, 5.74) is 3.32. The van der Waals surface area contributed by atoms with Crippen molar-refractivity contribution in [2.45, 2.75) is 26.3 Å². The van der Waals surface area contributed by atoms with Gasteiger partial charge in [0, 0.05) is 11.3 Å². The third kappa shape index (κ3) is 3.00. The minimum atomic E-state index is -0.655. The van der Waals surface area contributed by atoms with Gasteiger partial charge in [0.25, 0.3) is 5.91 Å². The number of amides is 3. The number of piperazine rings is 1. The predicted octanol–water partition coefficient (Wildman–Crippen LogP) is -0.447. The van der Waals surface area contributed by atoms with Gasteiger partial charge in [0.2, 0.25) is 11.8 Å². The van der Waals surface area contributed by atoms with Gasteiger partial charge in [0.1, 0.15) is 18.4 Å². The van der Waals surface area contributed by atoms with Crippen LogP contribution < -0.4 is 16.6 Å². The number of carbonyl (C=O) groups excluding carboxylic acids is 3. The highest BCUT2D eigenvalue weighted by atomic mass is 16.2. The molecule has 0 aromatic carbocycles. The lowest BCUT2D eigenvalue weighted by Crippen LogP contribution is -2.59. The molecule has 1 aromatic rings. The molecule has 8 nitrogen and oxygen atoms in total. The summed E-state index contributed by atoms with van der Waals surface area (Å²) in [6.45, 7) is 3.36. The van der Waals surface area contributed by atoms with Gasteiger partial charge in [-0.1, -0.05) is 6.92 Å². The quantitative estimate of drug-likeness (QED) is 0.394. The van der Waals surface area contributed by atoms with Crippen LogP contribution >= 0.6 is 0 Å². The second-order valence-electron chi connectivity index (χ2n) is 4.80. The molecule has 0 radical (unpaired) electrons. The van der Waals surface area contributed by atoms with Crippen LogP contribution in [0.3, 0.4) is 0 Å². The Morgan fingerprint density at radius 1 is 1.52 bits per heavy atom. The predicted molar refractivity (Wildman–Crippen MR) is 75.0 cm³/mol. The van der Waals surface area contributed by atoms with E-state index in [2.05, 4.69) is 15.7 Å². The number of carbonyl (C=O) groups is 3. The third-order valence-electron chi connectivity index (χ3n) is 3.25. The number of hydrogen-bond donors (Lipinski definition) is 3. The number of pyridine rings is 1. The van der Waals surface area contributed by atoms with Gasteiger partial charge in [-0.05, 0) is 25.5 Å². The lowest BCUT2D eigenvalue weighted by molar-refractivity contribution is -0.138. The average molecular weight is 291 g/mol. The Hall–Kier alpha value is -2.48. The highest BCUT2D eigenvalue weighted by Crippen LogP contribution is 2.16. The molecule has 0 spiro atoms. The minimum Gasteiger partial charge on any atom is -0.317 e. The molecule has 0 saturated carbocycles. The van der Waals surface area contributed by atoms with E-state index in [0.29, 0.717) is 23.5 Å². The molecule has 0 bridgehead atoms. The lowest BCUT2D eigenvalue weighted by Gasteiger charge is -2.33. The van der Waals surface area contributed by atoms with Crippen LogP contribution in [0.4, 0.5) is 5.82 Å². The van der Waals surface area contributed by atoms with Crippen molar-refractivity contribution in [2.75, 3.05) is 12.0 Å². The van der Waals surface area contributed by atoms with Crippen molar-refractivity contribution in [3.8, 4) is 0 Å². The van der Waals surface area contributed by atoms with Crippen LogP contribution in [0.15, 0.2) is 12.1 Å². The second-order valence-corrected chi connectivity index (χ2v) is 4.80. The molecule has 1 aliphatic rings. The van der Waals surface area contributed by atoms with E-state index in [4.69, 9.17) is 5.84 Å². The smallest absolute Gasteiger partial charge is 0.255 e. The standard InChI is InChI=1S/C13H17N5O3/c1-3-9-12(20)16-11(19)6-18(9)13(21)8-4-7(2)15-10(5-8)17-14/h4-5,9H,3,6,14H2,1-2H3,(H,15,17)(H,16,19,20). The van der Waals surface area contributed by atoms with E-state index in [1.165, 1.54) is 11.0 Å². The summed E-state index contributed by atoms with van der Waals surface area (Å²) < 4.78 is 0. The van der Waals surface area contributed by atoms with Gasteiger partial charge in [-0.2, -0.15) is 0 Å². The zero-order chi connectivity index (χ0) is 15.6. The molecule has 21 heavy (non-hydrogen) atoms. The normalized spacial score (nSPS) is 18.4. The number of hydrazine groups is 1. The van der Waals surface area contributed by atoms with Gasteiger partial charge in [-0.3, -0.25) is 19.7 Å². The van der Waals surface area contributed by atoms with Crippen molar-refractivity contribution in [2.24, 2.45) is 5.84 Å². The van der Waals surface area contributed by atoms with Gasteiger partial charge >= 0.3 is 0 Å². The maximum absolute atomic E-state index is 12.6. The molecule has 1 saturated heterocycles. The number of aromatic nitrogens is 1. The molecular formula is C13H17N5O3. The first kappa shape index (κ1) is 14.9. The van der Waals surface area contributed by atoms with Gasteiger partial charge < -0.3 is 10.3 Å². The van der Waals surface area contributed by atoms with Crippen molar-refractivity contribution in [3.63, 3.8) is 0 Å². The highest BCUT2D eigenvalue weighted by molar-refractivity contribution is 6.07. The zero-order valence-electron chi connectivity index (χ0n) is 11.8. The Labute approximate surface area is 121 Å². The van der Waals surface area contributed by atoms with Gasteiger partial charge in [-0.15, -0.1) is 0 Å². The van der Waals surface area contributed by atoms with Crippen molar-refractivity contribution >= 4 is 23.5 Å². The second kappa shape index (κ2) is 5.88. The number of aryl methyl sites for hydroxylation is 1. The fourth-order valence-electron chi connectivity index (χ4n) is 2.32. The Morgan fingerprint density at radius 3 is 2.86 bits per heavy atom. The van der Waals surface area contributed by atoms with E-state index in [9.17, 15) is 14.4 Å². The first-order chi connectivity index (χ1) is 9.96. The summed E-state index contributed by atoms with van der Waals surface area (Å²) in [6, 6.07) is 2.42. The SMILES string of the molecule is CCC1C(=O)NC(=O)CN1C(=O)c1cc(C)nc(NN)c1. The fraction of sp³-hybridized carbons (Fsp3) is 0.385. The molecule has 1 unspecified atom stereocenters. The van der Waals surface area contributed by atoms with Gasteiger partial charge in [-0.25, -0.2) is 10.8 Å². The Bertz CT molecular complexity index is 601. The molecule has 2 heterocycles. The maximum atomic E-state index is 12.6. The molecule has 1 aliphatic heterocycles. The zero-order valence-corrected chi connectivity index (χ0v) is 11.8. The Balaban J connectivity index is 2.35. The van der Waals surface area contributed by atoms with Gasteiger partial charge in [0.05, 0.1) is 0 Å². The van der Waals surface area contributed by atoms with E-state index >= 15 is 0 Å². The molecule has 0 aliphatic carbocycles. The van der Waals surface area contributed by atoms with Crippen molar-refractivity contribution in [1.29, 1.82) is 0 Å². The van der Waals surface area contributed by atoms with Crippen LogP contribution in [-0.4, -0.2) is 40.2 Å². The molecule has 1 aromatic heterocycles. The largest absolute Gasteiger partial charge is 0.317 e. The summed E-state index contributed by atoms with van der Waals surface area (Å²) in [4.78, 5) is 41.2. The van der Waals surface area contributed by atoms with E-state index in [1.807, 2.05) is 0 Å². The summed E-state index contributed by atoms with van der Waals surface area (Å²) >= 11 is 0. The monoisotopic (exact) mass is 291 g/mol. The minimum absolute atomic E-state index is 0.143. The van der Waals surface area contributed by atoms with E-state index in [0.717, 1.165) is 0 Å². The Kier molecular flexibility index (Phi) is 4.18. The van der Waals surface area contributed by atoms with Gasteiger partial charge in [0.15, 0.2) is 0 Å². The van der Waals surface area contributed by atoms with Crippen molar-refractivity contribution in [3.05, 3.63) is 23.4 Å². The van der Waals surface area contributed by atoms with Crippen LogP contribution in [0, 0.1) is 6.92 Å². The third-order valence-corrected chi connectivity index (χ3v) is 3.25. The topological polar surface area (TPSA) is 117 Å². The van der Waals surface area contributed by atoms with Crippen LogP contribution in [-0.2, 0) is 9.59 Å². The van der Waals surface area contributed by atoms with Crippen molar-refractivity contribution < 1.29 is 14.4 Å². The molecule has 3 amide bonds. The first-order valence-corrected chi connectivity index (χ1v) is 6.56. The van der Waals surface area contributed by atoms with E-state index in [1.54, 1.807) is 19.9 Å². The number of imide groups is 1.